The Hall–Kier alpha value is -1.09. The van der Waals surface area contributed by atoms with Crippen molar-refractivity contribution in [1.29, 1.82) is 5.41 Å². The fraction of sp³-hybridized carbons (Fsp3) is 0.143. The van der Waals surface area contributed by atoms with Gasteiger partial charge >= 0.3 is 0 Å². The SMILES string of the molecule is Cc1ccccn1.Cl.N=CN. The largest absolute Gasteiger partial charge is 0.390 e. The first-order valence-electron chi connectivity index (χ1n) is 2.89. The first-order chi connectivity index (χ1) is 4.81. The zero-order valence-corrected chi connectivity index (χ0v) is 7.14. The van der Waals surface area contributed by atoms with Crippen molar-refractivity contribution in [2.45, 2.75) is 6.92 Å². The van der Waals surface area contributed by atoms with Gasteiger partial charge in [-0.1, -0.05) is 6.07 Å². The molecule has 11 heavy (non-hydrogen) atoms. The summed E-state index contributed by atoms with van der Waals surface area (Å²) in [6, 6.07) is 5.86. The highest BCUT2D eigenvalue weighted by atomic mass is 35.5. The van der Waals surface area contributed by atoms with Crippen LogP contribution in [0.5, 0.6) is 0 Å². The molecule has 0 saturated carbocycles. The van der Waals surface area contributed by atoms with Crippen molar-refractivity contribution in [1.82, 2.24) is 4.98 Å². The minimum atomic E-state index is 0. The molecule has 0 aliphatic rings. The smallest absolute Gasteiger partial charge is 0.0765 e. The average Bonchev–Trinajstić information content (AvgIpc) is 1.91. The third-order valence-corrected chi connectivity index (χ3v) is 0.813. The molecule has 0 aromatic carbocycles. The van der Waals surface area contributed by atoms with Crippen LogP contribution in [-0.4, -0.2) is 11.3 Å². The van der Waals surface area contributed by atoms with Crippen LogP contribution in [0.4, 0.5) is 0 Å². The molecule has 3 N–H and O–H groups in total. The van der Waals surface area contributed by atoms with Crippen LogP contribution in [0.1, 0.15) is 5.69 Å². The zero-order valence-electron chi connectivity index (χ0n) is 6.32. The van der Waals surface area contributed by atoms with Gasteiger partial charge in [-0.2, -0.15) is 0 Å². The number of hydrogen-bond donors (Lipinski definition) is 2. The van der Waals surface area contributed by atoms with E-state index in [9.17, 15) is 0 Å². The third-order valence-electron chi connectivity index (χ3n) is 0.813. The number of aromatic nitrogens is 1. The second-order valence-electron chi connectivity index (χ2n) is 1.64. The first-order valence-corrected chi connectivity index (χ1v) is 2.89. The van der Waals surface area contributed by atoms with E-state index in [1.165, 1.54) is 0 Å². The molecule has 1 rings (SSSR count). The van der Waals surface area contributed by atoms with E-state index in [4.69, 9.17) is 5.41 Å². The molecule has 0 saturated heterocycles. The molecule has 0 aliphatic carbocycles. The molecule has 0 bridgehead atoms. The maximum absolute atomic E-state index is 5.86. The summed E-state index contributed by atoms with van der Waals surface area (Å²) in [5.74, 6) is 0. The maximum Gasteiger partial charge on any atom is 0.0765 e. The van der Waals surface area contributed by atoms with Crippen LogP contribution in [0.3, 0.4) is 0 Å². The Bertz CT molecular complexity index is 176. The molecule has 1 aromatic heterocycles. The number of aryl methyl sites for hydroxylation is 1. The fourth-order valence-electron chi connectivity index (χ4n) is 0.448. The Kier molecular flexibility index (Phi) is 10.2. The van der Waals surface area contributed by atoms with E-state index >= 15 is 0 Å². The summed E-state index contributed by atoms with van der Waals surface area (Å²) in [4.78, 5) is 3.98. The average molecular weight is 174 g/mol. The van der Waals surface area contributed by atoms with Crippen LogP contribution < -0.4 is 5.73 Å². The zero-order chi connectivity index (χ0) is 7.82. The summed E-state index contributed by atoms with van der Waals surface area (Å²) in [6.45, 7) is 1.97. The topological polar surface area (TPSA) is 62.8 Å². The second-order valence-corrected chi connectivity index (χ2v) is 1.64. The van der Waals surface area contributed by atoms with Gasteiger partial charge in [-0.3, -0.25) is 10.4 Å². The van der Waals surface area contributed by atoms with Crippen LogP contribution in [0.25, 0.3) is 0 Å². The summed E-state index contributed by atoms with van der Waals surface area (Å²) in [7, 11) is 0. The summed E-state index contributed by atoms with van der Waals surface area (Å²) < 4.78 is 0. The predicted octanol–water partition coefficient (Wildman–Crippen LogP) is 1.36. The first kappa shape index (κ1) is 12.6. The fourth-order valence-corrected chi connectivity index (χ4v) is 0.448. The predicted molar refractivity (Wildman–Crippen MR) is 49.2 cm³/mol. The summed E-state index contributed by atoms with van der Waals surface area (Å²) >= 11 is 0. The Morgan fingerprint density at radius 2 is 2.09 bits per heavy atom. The lowest BCUT2D eigenvalue weighted by Crippen LogP contribution is -1.81. The molecule has 0 atom stereocenters. The van der Waals surface area contributed by atoms with Gasteiger partial charge in [0.05, 0.1) is 6.34 Å². The summed E-state index contributed by atoms with van der Waals surface area (Å²) in [5, 5.41) is 5.86. The van der Waals surface area contributed by atoms with E-state index in [2.05, 4.69) is 10.7 Å². The molecule has 0 amide bonds. The molecular formula is C7H12ClN3. The van der Waals surface area contributed by atoms with Gasteiger partial charge in [-0.05, 0) is 19.1 Å². The Morgan fingerprint density at radius 1 is 1.55 bits per heavy atom. The maximum atomic E-state index is 5.86. The summed E-state index contributed by atoms with van der Waals surface area (Å²) in [6.07, 6.45) is 2.54. The molecule has 0 unspecified atom stereocenters. The molecule has 0 radical (unpaired) electrons. The number of rotatable bonds is 0. The molecule has 1 heterocycles. The van der Waals surface area contributed by atoms with Gasteiger partial charge < -0.3 is 5.73 Å². The normalized spacial score (nSPS) is 6.64. The molecule has 0 fully saturated rings. The van der Waals surface area contributed by atoms with Crippen molar-refractivity contribution < 1.29 is 0 Å². The van der Waals surface area contributed by atoms with E-state index in [1.54, 1.807) is 6.20 Å². The van der Waals surface area contributed by atoms with Crippen LogP contribution in [0.15, 0.2) is 24.4 Å². The number of nitrogens with one attached hydrogen (secondary N) is 1. The molecule has 3 nitrogen and oxygen atoms in total. The van der Waals surface area contributed by atoms with Gasteiger partial charge in [0.25, 0.3) is 0 Å². The van der Waals surface area contributed by atoms with Gasteiger partial charge in [0.15, 0.2) is 0 Å². The third kappa shape index (κ3) is 8.91. The molecule has 1 aromatic rings. The lowest BCUT2D eigenvalue weighted by molar-refractivity contribution is 1.20. The number of pyridine rings is 1. The minimum Gasteiger partial charge on any atom is -0.390 e. The van der Waals surface area contributed by atoms with Crippen molar-refractivity contribution >= 4 is 18.7 Å². The van der Waals surface area contributed by atoms with Crippen molar-refractivity contribution in [3.8, 4) is 0 Å². The number of halogens is 1. The number of nitrogens with zero attached hydrogens (tertiary/aromatic N) is 1. The van der Waals surface area contributed by atoms with Crippen LogP contribution in [0, 0.1) is 12.3 Å². The van der Waals surface area contributed by atoms with Gasteiger partial charge in [0, 0.05) is 11.9 Å². The Balaban J connectivity index is 0. The molecule has 0 spiro atoms. The highest BCUT2D eigenvalue weighted by Crippen LogP contribution is 1.85. The lowest BCUT2D eigenvalue weighted by Gasteiger charge is -1.82. The molecular weight excluding hydrogens is 162 g/mol. The van der Waals surface area contributed by atoms with E-state index in [-0.39, 0.29) is 12.4 Å². The van der Waals surface area contributed by atoms with Crippen molar-refractivity contribution in [3.05, 3.63) is 30.1 Å². The van der Waals surface area contributed by atoms with E-state index < -0.39 is 0 Å². The summed E-state index contributed by atoms with van der Waals surface area (Å²) in [5.41, 5.74) is 5.46. The van der Waals surface area contributed by atoms with Crippen molar-refractivity contribution in [3.63, 3.8) is 0 Å². The highest BCUT2D eigenvalue weighted by Gasteiger charge is 1.73. The van der Waals surface area contributed by atoms with E-state index in [1.807, 2.05) is 25.1 Å². The van der Waals surface area contributed by atoms with E-state index in [0.717, 1.165) is 12.0 Å². The van der Waals surface area contributed by atoms with Crippen molar-refractivity contribution in [2.75, 3.05) is 0 Å². The molecule has 62 valence electrons. The highest BCUT2D eigenvalue weighted by molar-refractivity contribution is 5.85. The van der Waals surface area contributed by atoms with Gasteiger partial charge in [-0.15, -0.1) is 12.4 Å². The van der Waals surface area contributed by atoms with Gasteiger partial charge in [0.2, 0.25) is 0 Å². The van der Waals surface area contributed by atoms with Crippen LogP contribution >= 0.6 is 12.4 Å². The van der Waals surface area contributed by atoms with Crippen LogP contribution in [0.2, 0.25) is 0 Å². The van der Waals surface area contributed by atoms with Gasteiger partial charge in [-0.25, -0.2) is 0 Å². The Labute approximate surface area is 72.6 Å². The Morgan fingerprint density at radius 3 is 2.27 bits per heavy atom. The van der Waals surface area contributed by atoms with Crippen LogP contribution in [-0.2, 0) is 0 Å². The van der Waals surface area contributed by atoms with Gasteiger partial charge in [0.1, 0.15) is 0 Å². The second kappa shape index (κ2) is 8.91. The van der Waals surface area contributed by atoms with E-state index in [0.29, 0.717) is 0 Å². The van der Waals surface area contributed by atoms with Crippen molar-refractivity contribution in [2.24, 2.45) is 5.73 Å². The number of hydrogen-bond acceptors (Lipinski definition) is 2. The molecule has 4 heteroatoms. The lowest BCUT2D eigenvalue weighted by atomic mass is 10.4. The standard InChI is InChI=1S/C6H7N.CH4N2.ClH/c1-6-4-2-3-5-7-6;2-1-3;/h2-5H,1H3;1H,(H3,2,3);1H. The minimum absolute atomic E-state index is 0. The number of nitrogens with two attached hydrogens (primary N) is 1. The quantitative estimate of drug-likeness (QED) is 0.460. The molecule has 0 aliphatic heterocycles. The monoisotopic (exact) mass is 173 g/mol.